The fourth-order valence-electron chi connectivity index (χ4n) is 5.37. The molecule has 208 valence electrons. The van der Waals surface area contributed by atoms with Crippen molar-refractivity contribution in [2.75, 3.05) is 31.5 Å². The van der Waals surface area contributed by atoms with Crippen molar-refractivity contribution in [2.24, 2.45) is 0 Å². The third-order valence-electron chi connectivity index (χ3n) is 7.55. The van der Waals surface area contributed by atoms with E-state index in [9.17, 15) is 18.0 Å². The van der Waals surface area contributed by atoms with E-state index >= 15 is 0 Å². The first-order valence-electron chi connectivity index (χ1n) is 13.6. The molecule has 39 heavy (non-hydrogen) atoms. The van der Waals surface area contributed by atoms with Crippen LogP contribution >= 0.6 is 11.3 Å². The predicted octanol–water partition coefficient (Wildman–Crippen LogP) is 4.44. The van der Waals surface area contributed by atoms with Crippen LogP contribution in [0.5, 0.6) is 0 Å². The van der Waals surface area contributed by atoms with E-state index < -0.39 is 10.0 Å². The highest BCUT2D eigenvalue weighted by molar-refractivity contribution is 7.89. The first-order valence-corrected chi connectivity index (χ1v) is 15.8. The normalized spacial score (nSPS) is 17.0. The van der Waals surface area contributed by atoms with Crippen molar-refractivity contribution in [1.82, 2.24) is 19.0 Å². The lowest BCUT2D eigenvalue weighted by molar-refractivity contribution is 0.0942. The maximum absolute atomic E-state index is 13.7. The van der Waals surface area contributed by atoms with E-state index in [0.29, 0.717) is 29.2 Å². The lowest BCUT2D eigenvalue weighted by Crippen LogP contribution is -2.31. The van der Waals surface area contributed by atoms with Crippen molar-refractivity contribution in [2.45, 2.75) is 64.3 Å². The van der Waals surface area contributed by atoms with Gasteiger partial charge in [0.25, 0.3) is 11.8 Å². The molecule has 0 atom stereocenters. The molecule has 5 rings (SSSR count). The van der Waals surface area contributed by atoms with Gasteiger partial charge in [0.1, 0.15) is 5.00 Å². The quantitative estimate of drug-likeness (QED) is 0.471. The summed E-state index contributed by atoms with van der Waals surface area (Å²) in [6.07, 6.45) is 4.52. The van der Waals surface area contributed by atoms with E-state index in [0.717, 1.165) is 73.6 Å². The van der Waals surface area contributed by atoms with Crippen LogP contribution in [-0.2, 0) is 23.0 Å². The van der Waals surface area contributed by atoms with Gasteiger partial charge in [-0.25, -0.2) is 13.1 Å². The molecule has 1 amide bonds. The number of sulfonamides is 1. The molecule has 3 aromatic rings. The van der Waals surface area contributed by atoms with E-state index in [1.54, 1.807) is 4.31 Å². The summed E-state index contributed by atoms with van der Waals surface area (Å²) in [4.78, 5) is 30.6. The Balaban J connectivity index is 1.42. The predicted molar refractivity (Wildman–Crippen MR) is 152 cm³/mol. The molecule has 0 aliphatic carbocycles. The van der Waals surface area contributed by atoms with E-state index in [1.165, 1.54) is 40.3 Å². The summed E-state index contributed by atoms with van der Waals surface area (Å²) in [6, 6.07) is 7.92. The number of anilines is 1. The van der Waals surface area contributed by atoms with Crippen LogP contribution in [0.25, 0.3) is 0 Å². The standard InChI is InChI=1S/C28H35N5O4S2/c1-4-31-16-13-23-24(18-31)38-27(25(23)28(35)33-20(3)17-19(2)30-33)29-26(34)21-9-11-22(12-10-21)39(36,37)32-14-7-5-6-8-15-32/h9-12,17H,4-8,13-16,18H2,1-3H3,(H,29,34). The number of aryl methyl sites for hydroxylation is 2. The number of fused-ring (bicyclic) bond motifs is 1. The van der Waals surface area contributed by atoms with Crippen LogP contribution < -0.4 is 5.32 Å². The number of aromatic nitrogens is 2. The lowest BCUT2D eigenvalue weighted by Gasteiger charge is -2.25. The summed E-state index contributed by atoms with van der Waals surface area (Å²) in [5, 5.41) is 7.85. The maximum Gasteiger partial charge on any atom is 0.281 e. The molecule has 4 heterocycles. The van der Waals surface area contributed by atoms with Gasteiger partial charge in [-0.3, -0.25) is 14.5 Å². The maximum atomic E-state index is 13.7. The molecular formula is C28H35N5O4S2. The van der Waals surface area contributed by atoms with Crippen LogP contribution in [0.1, 0.15) is 75.2 Å². The van der Waals surface area contributed by atoms with Crippen LogP contribution in [-0.4, -0.2) is 65.4 Å². The van der Waals surface area contributed by atoms with E-state index in [2.05, 4.69) is 22.2 Å². The number of thiophene rings is 1. The summed E-state index contributed by atoms with van der Waals surface area (Å²) < 4.78 is 29.2. The highest BCUT2D eigenvalue weighted by Crippen LogP contribution is 2.38. The Morgan fingerprint density at radius 2 is 1.72 bits per heavy atom. The minimum Gasteiger partial charge on any atom is -0.313 e. The van der Waals surface area contributed by atoms with Gasteiger partial charge in [-0.05, 0) is 75.5 Å². The minimum absolute atomic E-state index is 0.188. The Morgan fingerprint density at radius 3 is 2.33 bits per heavy atom. The number of hydrogen-bond donors (Lipinski definition) is 1. The average Bonchev–Trinajstić information content (AvgIpc) is 3.30. The second kappa shape index (κ2) is 11.3. The van der Waals surface area contributed by atoms with Gasteiger partial charge in [0.15, 0.2) is 0 Å². The zero-order chi connectivity index (χ0) is 27.7. The molecule has 2 aliphatic rings. The molecule has 2 aliphatic heterocycles. The zero-order valence-corrected chi connectivity index (χ0v) is 24.3. The van der Waals surface area contributed by atoms with Crippen LogP contribution in [0.15, 0.2) is 35.2 Å². The van der Waals surface area contributed by atoms with E-state index in [1.807, 2.05) is 19.9 Å². The summed E-state index contributed by atoms with van der Waals surface area (Å²) in [7, 11) is -3.60. The zero-order valence-electron chi connectivity index (χ0n) is 22.7. The van der Waals surface area contributed by atoms with Crippen molar-refractivity contribution in [3.05, 3.63) is 63.3 Å². The van der Waals surface area contributed by atoms with Crippen LogP contribution in [0.3, 0.4) is 0 Å². The number of likely N-dealkylation sites (N-methyl/N-ethyl adjacent to an activating group) is 1. The molecule has 11 heteroatoms. The third kappa shape index (κ3) is 5.58. The molecular weight excluding hydrogens is 534 g/mol. The second-order valence-electron chi connectivity index (χ2n) is 10.3. The highest BCUT2D eigenvalue weighted by Gasteiger charge is 2.31. The van der Waals surface area contributed by atoms with Gasteiger partial charge < -0.3 is 5.32 Å². The Bertz CT molecular complexity index is 1480. The number of nitrogens with one attached hydrogen (secondary N) is 1. The smallest absolute Gasteiger partial charge is 0.281 e. The molecule has 2 aromatic heterocycles. The van der Waals surface area contributed by atoms with Gasteiger partial charge >= 0.3 is 0 Å². The number of benzene rings is 1. The van der Waals surface area contributed by atoms with Gasteiger partial charge in [0.05, 0.1) is 16.2 Å². The van der Waals surface area contributed by atoms with Crippen LogP contribution in [0.2, 0.25) is 0 Å². The fraction of sp³-hybridized carbons (Fsp3) is 0.464. The second-order valence-corrected chi connectivity index (χ2v) is 13.3. The summed E-state index contributed by atoms with van der Waals surface area (Å²) in [5.41, 5.74) is 3.28. The largest absolute Gasteiger partial charge is 0.313 e. The monoisotopic (exact) mass is 569 g/mol. The number of hydrogen-bond acceptors (Lipinski definition) is 7. The molecule has 1 fully saturated rings. The van der Waals surface area contributed by atoms with Crippen LogP contribution in [0, 0.1) is 13.8 Å². The van der Waals surface area contributed by atoms with E-state index in [-0.39, 0.29) is 16.7 Å². The summed E-state index contributed by atoms with van der Waals surface area (Å²) >= 11 is 1.43. The van der Waals surface area contributed by atoms with Crippen molar-refractivity contribution >= 4 is 38.2 Å². The number of carbonyl (C=O) groups excluding carboxylic acids is 2. The molecule has 0 saturated carbocycles. The van der Waals surface area contributed by atoms with Crippen molar-refractivity contribution in [3.63, 3.8) is 0 Å². The first kappa shape index (κ1) is 27.7. The summed E-state index contributed by atoms with van der Waals surface area (Å²) in [6.45, 7) is 9.33. The van der Waals surface area contributed by atoms with Crippen molar-refractivity contribution in [1.29, 1.82) is 0 Å². The Labute approximate surface area is 233 Å². The molecule has 1 saturated heterocycles. The Morgan fingerprint density at radius 1 is 1.03 bits per heavy atom. The molecule has 0 bridgehead atoms. The number of nitrogens with zero attached hydrogens (tertiary/aromatic N) is 4. The summed E-state index contributed by atoms with van der Waals surface area (Å²) in [5.74, 6) is -0.640. The number of rotatable bonds is 6. The van der Waals surface area contributed by atoms with Crippen molar-refractivity contribution in [3.8, 4) is 0 Å². The topological polar surface area (TPSA) is 105 Å². The Hall–Kier alpha value is -2.86. The third-order valence-corrected chi connectivity index (χ3v) is 10.6. The number of amides is 1. The SMILES string of the molecule is CCN1CCc2c(sc(NC(=O)c3ccc(S(=O)(=O)N4CCCCCC4)cc3)c2C(=O)n2nc(C)cc2C)C1. The fourth-order valence-corrected chi connectivity index (χ4v) is 8.16. The molecule has 1 N–H and O–H groups in total. The molecule has 1 aromatic carbocycles. The lowest BCUT2D eigenvalue weighted by atomic mass is 10.0. The van der Waals surface area contributed by atoms with E-state index in [4.69, 9.17) is 0 Å². The molecule has 0 unspecified atom stereocenters. The van der Waals surface area contributed by atoms with Crippen LogP contribution in [0.4, 0.5) is 5.00 Å². The van der Waals surface area contributed by atoms with Gasteiger partial charge in [0, 0.05) is 42.3 Å². The van der Waals surface area contributed by atoms with Gasteiger partial charge in [-0.2, -0.15) is 9.40 Å². The first-order chi connectivity index (χ1) is 18.7. The highest BCUT2D eigenvalue weighted by atomic mass is 32.2. The van der Waals surface area contributed by atoms with Gasteiger partial charge in [-0.15, -0.1) is 11.3 Å². The minimum atomic E-state index is -3.60. The van der Waals surface area contributed by atoms with Gasteiger partial charge in [0.2, 0.25) is 10.0 Å². The molecule has 0 radical (unpaired) electrons. The van der Waals surface area contributed by atoms with Crippen molar-refractivity contribution < 1.29 is 18.0 Å². The molecule has 9 nitrogen and oxygen atoms in total. The number of carbonyl (C=O) groups is 2. The molecule has 0 spiro atoms. The van der Waals surface area contributed by atoms with Gasteiger partial charge in [-0.1, -0.05) is 19.8 Å². The Kier molecular flexibility index (Phi) is 8.04. The average molecular weight is 570 g/mol.